The molecule has 7 nitrogen and oxygen atoms in total. The summed E-state index contributed by atoms with van der Waals surface area (Å²) in [6, 6.07) is 3.73. The summed E-state index contributed by atoms with van der Waals surface area (Å²) in [7, 11) is 1.81. The molecule has 3 heterocycles. The van der Waals surface area contributed by atoms with Crippen LogP contribution < -0.4 is 0 Å². The highest BCUT2D eigenvalue weighted by atomic mass is 19.4. The average Bonchev–Trinajstić information content (AvgIpc) is 3.04. The summed E-state index contributed by atoms with van der Waals surface area (Å²) in [4.78, 5) is 27.6. The first-order valence-electron chi connectivity index (χ1n) is 13.3. The van der Waals surface area contributed by atoms with E-state index in [-0.39, 0.29) is 18.7 Å². The predicted octanol–water partition coefficient (Wildman–Crippen LogP) is 4.45. The highest BCUT2D eigenvalue weighted by molar-refractivity contribution is 5.86. The number of hydrogen-bond donors (Lipinski definition) is 0. The Labute approximate surface area is 216 Å². The molecule has 0 bridgehead atoms. The molecule has 202 valence electrons. The van der Waals surface area contributed by atoms with E-state index in [0.717, 1.165) is 76.1 Å². The van der Waals surface area contributed by atoms with Crippen molar-refractivity contribution in [3.8, 4) is 0 Å². The summed E-state index contributed by atoms with van der Waals surface area (Å²) >= 11 is 0. The zero-order chi connectivity index (χ0) is 26.4. The Hall–Kier alpha value is -2.62. The van der Waals surface area contributed by atoms with Crippen molar-refractivity contribution < 1.29 is 18.0 Å². The third kappa shape index (κ3) is 8.45. The molecule has 1 aliphatic carbocycles. The van der Waals surface area contributed by atoms with Gasteiger partial charge in [0.15, 0.2) is 5.82 Å². The van der Waals surface area contributed by atoms with Crippen LogP contribution in [0.2, 0.25) is 0 Å². The summed E-state index contributed by atoms with van der Waals surface area (Å²) in [5, 5.41) is 4.22. The summed E-state index contributed by atoms with van der Waals surface area (Å²) in [6.07, 6.45) is 4.17. The monoisotopic (exact) mass is 518 g/mol. The molecule has 0 aromatic carbocycles. The second-order valence-electron chi connectivity index (χ2n) is 10.5. The number of aromatic nitrogens is 4. The number of halogens is 3. The molecular weight excluding hydrogens is 481 g/mol. The molecule has 1 aliphatic heterocycles. The topological polar surface area (TPSA) is 76.3 Å². The number of nitrogens with zero attached hydrogens (tertiary/aromatic N) is 6. The van der Waals surface area contributed by atoms with Crippen LogP contribution in [0.5, 0.6) is 0 Å². The van der Waals surface area contributed by atoms with Gasteiger partial charge in [0.1, 0.15) is 5.82 Å². The Kier molecular flexibility index (Phi) is 9.10. The van der Waals surface area contributed by atoms with Crippen molar-refractivity contribution in [1.29, 1.82) is 0 Å². The number of alkyl halides is 3. The Balaban J connectivity index is 1.16. The van der Waals surface area contributed by atoms with Crippen LogP contribution in [0.4, 0.5) is 13.2 Å². The summed E-state index contributed by atoms with van der Waals surface area (Å²) < 4.78 is 39.3. The van der Waals surface area contributed by atoms with E-state index < -0.39 is 12.6 Å². The Morgan fingerprint density at radius 1 is 1.14 bits per heavy atom. The SMILES string of the molecule is Cc1nc(CC(=O)N=CC2CCC(CCN3CCc4ccc(CCC(F)(F)F)nc4CC3)CC2)nn1C. The molecule has 0 spiro atoms. The van der Waals surface area contributed by atoms with Gasteiger partial charge in [0.2, 0.25) is 0 Å². The first-order valence-corrected chi connectivity index (χ1v) is 13.3. The first-order chi connectivity index (χ1) is 17.6. The van der Waals surface area contributed by atoms with Crippen LogP contribution in [0.15, 0.2) is 17.1 Å². The lowest BCUT2D eigenvalue weighted by Crippen LogP contribution is -2.29. The van der Waals surface area contributed by atoms with Gasteiger partial charge in [0.25, 0.3) is 5.91 Å². The molecule has 2 aliphatic rings. The fourth-order valence-electron chi connectivity index (χ4n) is 5.27. The minimum absolute atomic E-state index is 0.0524. The van der Waals surface area contributed by atoms with Crippen molar-refractivity contribution in [2.24, 2.45) is 23.9 Å². The van der Waals surface area contributed by atoms with Gasteiger partial charge in [-0.05, 0) is 81.9 Å². The van der Waals surface area contributed by atoms with Crippen molar-refractivity contribution in [1.82, 2.24) is 24.6 Å². The smallest absolute Gasteiger partial charge is 0.303 e. The van der Waals surface area contributed by atoms with Crippen LogP contribution in [0, 0.1) is 18.8 Å². The van der Waals surface area contributed by atoms with Crippen LogP contribution in [0.25, 0.3) is 0 Å². The Morgan fingerprint density at radius 2 is 1.89 bits per heavy atom. The standard InChI is InChI=1S/C27H37F3N6O/c1-19-32-25(34-35(19)2)17-26(37)31-18-21-5-3-20(4-6-21)10-14-36-15-11-22-7-8-23(9-13-27(28,29)30)33-24(22)12-16-36/h7-8,18,20-21H,3-6,9-17H2,1-2H3. The lowest BCUT2D eigenvalue weighted by atomic mass is 9.81. The van der Waals surface area contributed by atoms with E-state index in [9.17, 15) is 18.0 Å². The van der Waals surface area contributed by atoms with Gasteiger partial charge in [0, 0.05) is 50.6 Å². The number of carbonyl (C=O) groups is 1. The number of carbonyl (C=O) groups excluding carboxylic acids is 1. The fraction of sp³-hybridized carbons (Fsp3) is 0.667. The predicted molar refractivity (Wildman–Crippen MR) is 135 cm³/mol. The molecule has 0 N–H and O–H groups in total. The molecule has 37 heavy (non-hydrogen) atoms. The lowest BCUT2D eigenvalue weighted by Gasteiger charge is -2.28. The highest BCUT2D eigenvalue weighted by Crippen LogP contribution is 2.30. The second kappa shape index (κ2) is 12.3. The van der Waals surface area contributed by atoms with E-state index in [1.807, 2.05) is 26.3 Å². The average molecular weight is 519 g/mol. The third-order valence-electron chi connectivity index (χ3n) is 7.66. The van der Waals surface area contributed by atoms with E-state index in [1.165, 1.54) is 5.56 Å². The van der Waals surface area contributed by atoms with Gasteiger partial charge < -0.3 is 4.90 Å². The molecule has 10 heteroatoms. The minimum Gasteiger partial charge on any atom is -0.303 e. The van der Waals surface area contributed by atoms with Gasteiger partial charge >= 0.3 is 6.18 Å². The van der Waals surface area contributed by atoms with Gasteiger partial charge in [-0.3, -0.25) is 14.5 Å². The summed E-state index contributed by atoms with van der Waals surface area (Å²) in [6.45, 7) is 4.75. The quantitative estimate of drug-likeness (QED) is 0.483. The van der Waals surface area contributed by atoms with E-state index >= 15 is 0 Å². The number of fused-ring (bicyclic) bond motifs is 1. The first kappa shape index (κ1) is 27.4. The molecule has 1 fully saturated rings. The molecule has 1 amide bonds. The number of amides is 1. The zero-order valence-electron chi connectivity index (χ0n) is 21.8. The fourth-order valence-corrected chi connectivity index (χ4v) is 5.27. The maximum absolute atomic E-state index is 12.6. The van der Waals surface area contributed by atoms with Crippen LogP contribution in [-0.2, 0) is 37.5 Å². The van der Waals surface area contributed by atoms with Crippen molar-refractivity contribution in [2.75, 3.05) is 19.6 Å². The molecule has 0 saturated heterocycles. The van der Waals surface area contributed by atoms with Crippen LogP contribution in [0.1, 0.15) is 67.1 Å². The maximum atomic E-state index is 12.6. The molecular formula is C27H37F3N6O. The third-order valence-corrected chi connectivity index (χ3v) is 7.66. The van der Waals surface area contributed by atoms with Crippen molar-refractivity contribution >= 4 is 12.1 Å². The molecule has 1 saturated carbocycles. The summed E-state index contributed by atoms with van der Waals surface area (Å²) in [5.74, 6) is 2.13. The molecule has 0 radical (unpaired) electrons. The van der Waals surface area contributed by atoms with Gasteiger partial charge in [-0.15, -0.1) is 0 Å². The minimum atomic E-state index is -4.15. The molecule has 2 aromatic heterocycles. The van der Waals surface area contributed by atoms with Gasteiger partial charge in [-0.2, -0.15) is 18.3 Å². The van der Waals surface area contributed by atoms with E-state index in [0.29, 0.717) is 23.4 Å². The number of aliphatic imine (C=N–C) groups is 1. The normalized spacial score (nSPS) is 21.2. The summed E-state index contributed by atoms with van der Waals surface area (Å²) in [5.41, 5.74) is 2.67. The highest BCUT2D eigenvalue weighted by Gasteiger charge is 2.27. The lowest BCUT2D eigenvalue weighted by molar-refractivity contribution is -0.134. The molecule has 0 atom stereocenters. The molecule has 2 aromatic rings. The van der Waals surface area contributed by atoms with Gasteiger partial charge in [-0.25, -0.2) is 9.98 Å². The maximum Gasteiger partial charge on any atom is 0.389 e. The van der Waals surface area contributed by atoms with Crippen molar-refractivity contribution in [3.63, 3.8) is 0 Å². The van der Waals surface area contributed by atoms with E-state index in [4.69, 9.17) is 0 Å². The van der Waals surface area contributed by atoms with Crippen molar-refractivity contribution in [3.05, 3.63) is 40.7 Å². The second-order valence-corrected chi connectivity index (χ2v) is 10.5. The van der Waals surface area contributed by atoms with Gasteiger partial charge in [0.05, 0.1) is 6.42 Å². The zero-order valence-corrected chi connectivity index (χ0v) is 21.8. The van der Waals surface area contributed by atoms with Crippen LogP contribution in [-0.4, -0.2) is 62.6 Å². The number of rotatable bonds is 8. The van der Waals surface area contributed by atoms with Crippen LogP contribution >= 0.6 is 0 Å². The largest absolute Gasteiger partial charge is 0.389 e. The number of pyridine rings is 1. The van der Waals surface area contributed by atoms with Gasteiger partial charge in [-0.1, -0.05) is 6.07 Å². The molecule has 4 rings (SSSR count). The van der Waals surface area contributed by atoms with E-state index in [1.54, 1.807) is 10.7 Å². The van der Waals surface area contributed by atoms with Crippen molar-refractivity contribution in [2.45, 2.75) is 77.3 Å². The van der Waals surface area contributed by atoms with Crippen LogP contribution in [0.3, 0.4) is 0 Å². The Morgan fingerprint density at radius 3 is 2.59 bits per heavy atom. The number of hydrogen-bond acceptors (Lipinski definition) is 5. The Bertz CT molecular complexity index is 1070. The molecule has 0 unspecified atom stereocenters. The van der Waals surface area contributed by atoms with E-state index in [2.05, 4.69) is 25.0 Å². The number of aryl methyl sites for hydroxylation is 3.